The van der Waals surface area contributed by atoms with E-state index in [-0.39, 0.29) is 29.7 Å². The van der Waals surface area contributed by atoms with E-state index in [0.29, 0.717) is 23.2 Å². The molecule has 0 bridgehead atoms. The predicted molar refractivity (Wildman–Crippen MR) is 143 cm³/mol. The summed E-state index contributed by atoms with van der Waals surface area (Å²) >= 11 is 0. The maximum absolute atomic E-state index is 13.9. The molecule has 0 saturated heterocycles. The normalized spacial score (nSPS) is 17.1. The van der Waals surface area contributed by atoms with Crippen LogP contribution in [0.5, 0.6) is 0 Å². The van der Waals surface area contributed by atoms with Crippen molar-refractivity contribution in [3.8, 4) is 0 Å². The molecule has 3 amide bonds. The number of carbonyl (C=O) groups excluding carboxylic acids is 3. The average molecular weight is 564 g/mol. The molecule has 0 unspecified atom stereocenters. The van der Waals surface area contributed by atoms with Gasteiger partial charge in [-0.15, -0.1) is 0 Å². The molecule has 0 fully saturated rings. The second-order valence-electron chi connectivity index (χ2n) is 10.8. The highest BCUT2D eigenvalue weighted by atomic mass is 32.2. The predicted octanol–water partition coefficient (Wildman–Crippen LogP) is 1.81. The van der Waals surface area contributed by atoms with Crippen LogP contribution in [0.1, 0.15) is 68.0 Å². The molecule has 13 heteroatoms. The summed E-state index contributed by atoms with van der Waals surface area (Å²) in [5.41, 5.74) is 1.20. The van der Waals surface area contributed by atoms with Crippen LogP contribution in [0.4, 0.5) is 4.79 Å². The minimum absolute atomic E-state index is 0.0640. The van der Waals surface area contributed by atoms with Crippen LogP contribution in [0.25, 0.3) is 0 Å². The molecule has 0 saturated carbocycles. The van der Waals surface area contributed by atoms with E-state index >= 15 is 0 Å². The van der Waals surface area contributed by atoms with Crippen molar-refractivity contribution in [2.45, 2.75) is 76.3 Å². The summed E-state index contributed by atoms with van der Waals surface area (Å²) in [6.07, 6.45) is -0.502. The van der Waals surface area contributed by atoms with Gasteiger partial charge in [0, 0.05) is 37.0 Å². The van der Waals surface area contributed by atoms with Crippen molar-refractivity contribution in [1.82, 2.24) is 25.3 Å². The number of nitrogens with zero attached hydrogens (tertiary/aromatic N) is 3. The fourth-order valence-electron chi connectivity index (χ4n) is 4.38. The van der Waals surface area contributed by atoms with Crippen LogP contribution in [-0.4, -0.2) is 89.0 Å². The lowest BCUT2D eigenvalue weighted by atomic mass is 9.99. The minimum atomic E-state index is -3.42. The molecule has 12 nitrogen and oxygen atoms in total. The molecule has 0 spiro atoms. The van der Waals surface area contributed by atoms with E-state index in [1.807, 2.05) is 6.92 Å². The van der Waals surface area contributed by atoms with Crippen molar-refractivity contribution < 1.29 is 32.6 Å². The van der Waals surface area contributed by atoms with E-state index in [1.54, 1.807) is 39.8 Å². The number of H-pyrrole nitrogens is 1. The van der Waals surface area contributed by atoms with Gasteiger partial charge in [0.2, 0.25) is 5.91 Å². The number of aliphatic hydroxyl groups is 1. The summed E-state index contributed by atoms with van der Waals surface area (Å²) < 4.78 is 29.3. The first-order valence-electron chi connectivity index (χ1n) is 12.6. The molecule has 1 aliphatic heterocycles. The third-order valence-electron chi connectivity index (χ3n) is 6.58. The van der Waals surface area contributed by atoms with Gasteiger partial charge in [-0.05, 0) is 52.3 Å². The van der Waals surface area contributed by atoms with E-state index in [2.05, 4.69) is 15.5 Å². The molecule has 2 aromatic rings. The van der Waals surface area contributed by atoms with Crippen molar-refractivity contribution in [1.29, 1.82) is 0 Å². The van der Waals surface area contributed by atoms with Crippen molar-refractivity contribution in [3.05, 3.63) is 46.8 Å². The van der Waals surface area contributed by atoms with E-state index in [1.165, 1.54) is 29.0 Å². The summed E-state index contributed by atoms with van der Waals surface area (Å²) in [6.45, 7) is 8.65. The number of aliphatic hydroxyl groups excluding tert-OH is 1. The first-order valence-corrected chi connectivity index (χ1v) is 14.5. The molecular formula is C26H37N5O7S. The Morgan fingerprint density at radius 1 is 1.26 bits per heavy atom. The van der Waals surface area contributed by atoms with Gasteiger partial charge in [-0.25, -0.2) is 13.2 Å². The molecule has 2 heterocycles. The third kappa shape index (κ3) is 6.95. The second kappa shape index (κ2) is 11.3. The van der Waals surface area contributed by atoms with Crippen LogP contribution in [0.3, 0.4) is 0 Å². The molecular weight excluding hydrogens is 526 g/mol. The van der Waals surface area contributed by atoms with Gasteiger partial charge < -0.3 is 25.0 Å². The largest absolute Gasteiger partial charge is 0.444 e. The number of rotatable bonds is 7. The maximum atomic E-state index is 13.9. The summed E-state index contributed by atoms with van der Waals surface area (Å²) in [5.74, 6) is -1.23. The number of hydrogen-bond donors (Lipinski definition) is 3. The van der Waals surface area contributed by atoms with Gasteiger partial charge in [0.15, 0.2) is 15.5 Å². The standard InChI is InChI=1S/C26H37N5O7S/c1-15-12-20-19(13-30(15)25(35)38-26(3,4)5)22(29-28-20)24(34)31(14-21(32)23(33)27-6)16(2)17-8-10-18(11-9-17)39(7,36)37/h8-11,15-16,21,32H,12-14H2,1-7H3,(H,27,33)(H,28,29)/t15-,16+,21-/m1/s1. The molecule has 1 aromatic heterocycles. The molecule has 0 aliphatic carbocycles. The number of hydrogen-bond acceptors (Lipinski definition) is 8. The Kier molecular flexibility index (Phi) is 8.75. The Balaban J connectivity index is 1.97. The Morgan fingerprint density at radius 2 is 1.87 bits per heavy atom. The number of fused-ring (bicyclic) bond motifs is 1. The zero-order chi connectivity index (χ0) is 29.3. The van der Waals surface area contributed by atoms with Gasteiger partial charge in [0.05, 0.1) is 24.0 Å². The number of benzene rings is 1. The lowest BCUT2D eigenvalue weighted by Crippen LogP contribution is -2.47. The molecule has 39 heavy (non-hydrogen) atoms. The molecule has 0 radical (unpaired) electrons. The Hall–Kier alpha value is -3.45. The van der Waals surface area contributed by atoms with Gasteiger partial charge in [-0.1, -0.05) is 12.1 Å². The molecule has 1 aliphatic rings. The molecule has 1 aromatic carbocycles. The van der Waals surface area contributed by atoms with E-state index in [0.717, 1.165) is 6.26 Å². The van der Waals surface area contributed by atoms with E-state index < -0.39 is 45.5 Å². The number of aromatic nitrogens is 2. The van der Waals surface area contributed by atoms with Crippen LogP contribution >= 0.6 is 0 Å². The van der Waals surface area contributed by atoms with E-state index in [4.69, 9.17) is 4.74 Å². The Morgan fingerprint density at radius 3 is 2.41 bits per heavy atom. The van der Waals surface area contributed by atoms with Crippen LogP contribution < -0.4 is 5.32 Å². The summed E-state index contributed by atoms with van der Waals surface area (Å²) in [6, 6.07) is 5.18. The lowest BCUT2D eigenvalue weighted by molar-refractivity contribution is -0.129. The Bertz CT molecular complexity index is 1330. The van der Waals surface area contributed by atoms with Crippen molar-refractivity contribution in [2.75, 3.05) is 19.8 Å². The minimum Gasteiger partial charge on any atom is -0.444 e. The third-order valence-corrected chi connectivity index (χ3v) is 7.71. The van der Waals surface area contributed by atoms with Crippen LogP contribution in [0.2, 0.25) is 0 Å². The summed E-state index contributed by atoms with van der Waals surface area (Å²) in [7, 11) is -2.04. The number of amides is 3. The zero-order valence-electron chi connectivity index (χ0n) is 23.3. The fourth-order valence-corrected chi connectivity index (χ4v) is 5.01. The number of likely N-dealkylation sites (N-methyl/N-ethyl adjacent to an activating group) is 1. The van der Waals surface area contributed by atoms with Gasteiger partial charge >= 0.3 is 6.09 Å². The summed E-state index contributed by atoms with van der Waals surface area (Å²) in [5, 5.41) is 20.0. The highest BCUT2D eigenvalue weighted by molar-refractivity contribution is 7.90. The van der Waals surface area contributed by atoms with Gasteiger partial charge in [0.1, 0.15) is 11.7 Å². The number of aromatic amines is 1. The van der Waals surface area contributed by atoms with Crippen LogP contribution in [0.15, 0.2) is 29.2 Å². The SMILES string of the molecule is CNC(=O)[C@H](O)CN(C(=O)c1n[nH]c2c1CN(C(=O)OC(C)(C)C)[C@H](C)C2)[C@@H](C)c1ccc(S(C)(=O)=O)cc1. The highest BCUT2D eigenvalue weighted by Crippen LogP contribution is 2.29. The molecule has 3 rings (SSSR count). The average Bonchev–Trinajstić information content (AvgIpc) is 3.26. The zero-order valence-corrected chi connectivity index (χ0v) is 24.1. The van der Waals surface area contributed by atoms with Crippen LogP contribution in [0, 0.1) is 0 Å². The van der Waals surface area contributed by atoms with Crippen LogP contribution in [-0.2, 0) is 32.3 Å². The van der Waals surface area contributed by atoms with Crippen molar-refractivity contribution >= 4 is 27.7 Å². The van der Waals surface area contributed by atoms with E-state index in [9.17, 15) is 27.9 Å². The first-order chi connectivity index (χ1) is 18.0. The monoisotopic (exact) mass is 563 g/mol. The van der Waals surface area contributed by atoms with Crippen molar-refractivity contribution in [2.24, 2.45) is 0 Å². The topological polar surface area (TPSA) is 162 Å². The number of carbonyl (C=O) groups is 3. The smallest absolute Gasteiger partial charge is 0.410 e. The Labute approximate surface area is 228 Å². The summed E-state index contributed by atoms with van der Waals surface area (Å²) in [4.78, 5) is 41.9. The molecule has 214 valence electrons. The highest BCUT2D eigenvalue weighted by Gasteiger charge is 2.37. The van der Waals surface area contributed by atoms with Crippen molar-refractivity contribution in [3.63, 3.8) is 0 Å². The molecule has 3 N–H and O–H groups in total. The molecule has 3 atom stereocenters. The lowest BCUT2D eigenvalue weighted by Gasteiger charge is -2.35. The maximum Gasteiger partial charge on any atom is 0.410 e. The van der Waals surface area contributed by atoms with Gasteiger partial charge in [-0.2, -0.15) is 5.10 Å². The first kappa shape index (κ1) is 30.1. The quantitative estimate of drug-likeness (QED) is 0.459. The number of nitrogens with one attached hydrogen (secondary N) is 2. The second-order valence-corrected chi connectivity index (χ2v) is 12.8. The van der Waals surface area contributed by atoms with Gasteiger partial charge in [-0.3, -0.25) is 14.7 Å². The number of sulfone groups is 1. The fraction of sp³-hybridized carbons (Fsp3) is 0.538. The van der Waals surface area contributed by atoms with Gasteiger partial charge in [0.25, 0.3) is 5.91 Å². The number of ether oxygens (including phenoxy) is 1.